The fourth-order valence-electron chi connectivity index (χ4n) is 3.94. The Morgan fingerprint density at radius 3 is 2.22 bits per heavy atom. The molecule has 0 radical (unpaired) electrons. The van der Waals surface area contributed by atoms with E-state index in [1.54, 1.807) is 30.2 Å². The Morgan fingerprint density at radius 2 is 1.66 bits per heavy atom. The van der Waals surface area contributed by atoms with Crippen molar-refractivity contribution in [2.75, 3.05) is 27.3 Å². The summed E-state index contributed by atoms with van der Waals surface area (Å²) in [5, 5.41) is 0. The predicted molar refractivity (Wildman–Crippen MR) is 124 cm³/mol. The molecule has 0 bridgehead atoms. The second kappa shape index (κ2) is 10.8. The lowest BCUT2D eigenvalue weighted by molar-refractivity contribution is 0.0758. The van der Waals surface area contributed by atoms with Gasteiger partial charge in [0.2, 0.25) is 10.0 Å². The monoisotopic (exact) mass is 460 g/mol. The first-order valence-corrected chi connectivity index (χ1v) is 12.5. The van der Waals surface area contributed by atoms with Crippen LogP contribution in [0.25, 0.3) is 0 Å². The minimum Gasteiger partial charge on any atom is -0.497 e. The summed E-state index contributed by atoms with van der Waals surface area (Å²) in [5.74, 6) is 0.890. The maximum atomic E-state index is 13.2. The zero-order chi connectivity index (χ0) is 23.1. The van der Waals surface area contributed by atoms with Gasteiger partial charge in [0.15, 0.2) is 0 Å². The molecule has 1 saturated heterocycles. The Hall–Kier alpha value is -2.58. The van der Waals surface area contributed by atoms with E-state index in [9.17, 15) is 13.2 Å². The third kappa shape index (κ3) is 5.61. The topological polar surface area (TPSA) is 84.9 Å². The number of carbonyl (C=O) groups excluding carboxylic acids is 1. The van der Waals surface area contributed by atoms with Gasteiger partial charge in [-0.25, -0.2) is 13.1 Å². The fourth-order valence-corrected chi connectivity index (χ4v) is 5.28. The van der Waals surface area contributed by atoms with Crippen LogP contribution in [0.1, 0.15) is 61.0 Å². The number of amides is 1. The molecule has 3 rings (SSSR count). The molecule has 0 spiro atoms. The van der Waals surface area contributed by atoms with Crippen LogP contribution in [0.15, 0.2) is 47.4 Å². The van der Waals surface area contributed by atoms with Gasteiger partial charge in [-0.05, 0) is 55.2 Å². The molecule has 0 aliphatic carbocycles. The second-order valence-corrected chi connectivity index (χ2v) is 9.64. The summed E-state index contributed by atoms with van der Waals surface area (Å²) < 4.78 is 39.7. The Kier molecular flexibility index (Phi) is 8.15. The van der Waals surface area contributed by atoms with E-state index in [0.29, 0.717) is 31.0 Å². The van der Waals surface area contributed by atoms with Crippen LogP contribution in [-0.2, 0) is 10.0 Å². The van der Waals surface area contributed by atoms with E-state index in [4.69, 9.17) is 9.47 Å². The largest absolute Gasteiger partial charge is 0.497 e. The number of carbonyl (C=O) groups is 1. The molecule has 7 nitrogen and oxygen atoms in total. The quantitative estimate of drug-likeness (QED) is 0.640. The van der Waals surface area contributed by atoms with Gasteiger partial charge in [-0.3, -0.25) is 4.79 Å². The van der Waals surface area contributed by atoms with Crippen LogP contribution >= 0.6 is 0 Å². The lowest BCUT2D eigenvalue weighted by atomic mass is 10.1. The van der Waals surface area contributed by atoms with Crippen LogP contribution in [0, 0.1) is 0 Å². The highest BCUT2D eigenvalue weighted by Gasteiger charge is 2.26. The molecule has 1 heterocycles. The molecule has 174 valence electrons. The van der Waals surface area contributed by atoms with Crippen molar-refractivity contribution < 1.29 is 22.7 Å². The molecule has 32 heavy (non-hydrogen) atoms. The van der Waals surface area contributed by atoms with Crippen molar-refractivity contribution in [3.8, 4) is 11.5 Å². The van der Waals surface area contributed by atoms with E-state index in [1.165, 1.54) is 19.2 Å². The number of methoxy groups -OCH3 is 2. The fraction of sp³-hybridized carbons (Fsp3) is 0.458. The average Bonchev–Trinajstić information content (AvgIpc) is 3.11. The normalized spacial score (nSPS) is 15.7. The summed E-state index contributed by atoms with van der Waals surface area (Å²) in [4.78, 5) is 15.0. The van der Waals surface area contributed by atoms with Crippen molar-refractivity contribution in [1.82, 2.24) is 9.62 Å². The minimum absolute atomic E-state index is 0.0448. The first kappa shape index (κ1) is 24.1. The van der Waals surface area contributed by atoms with Gasteiger partial charge in [0.25, 0.3) is 5.91 Å². The third-order valence-corrected chi connectivity index (χ3v) is 7.30. The number of likely N-dealkylation sites (tertiary alicyclic amines) is 1. The Labute approximate surface area is 190 Å². The van der Waals surface area contributed by atoms with Crippen LogP contribution < -0.4 is 14.2 Å². The van der Waals surface area contributed by atoms with E-state index in [0.717, 1.165) is 31.2 Å². The molecule has 1 fully saturated rings. The van der Waals surface area contributed by atoms with Gasteiger partial charge in [-0.2, -0.15) is 0 Å². The summed E-state index contributed by atoms with van der Waals surface area (Å²) in [6.07, 6.45) is 4.68. The molecule has 1 aliphatic rings. The van der Waals surface area contributed by atoms with Crippen LogP contribution in [-0.4, -0.2) is 46.5 Å². The summed E-state index contributed by atoms with van der Waals surface area (Å²) in [7, 11) is -0.792. The zero-order valence-corrected chi connectivity index (χ0v) is 19.8. The summed E-state index contributed by atoms with van der Waals surface area (Å²) in [5.41, 5.74) is 1.11. The molecule has 0 aromatic heterocycles. The van der Waals surface area contributed by atoms with E-state index in [1.807, 2.05) is 19.1 Å². The maximum Gasteiger partial charge on any atom is 0.257 e. The van der Waals surface area contributed by atoms with E-state index < -0.39 is 16.1 Å². The SMILES string of the molecule is CC[C@H](NS(=O)(=O)c1ccc(OC)c(C(=O)N2CCCCCC2)c1)c1ccc(OC)cc1. The average molecular weight is 461 g/mol. The molecular formula is C24H32N2O5S. The van der Waals surface area contributed by atoms with Gasteiger partial charge in [0.1, 0.15) is 11.5 Å². The van der Waals surface area contributed by atoms with Gasteiger partial charge >= 0.3 is 0 Å². The summed E-state index contributed by atoms with van der Waals surface area (Å²) in [6, 6.07) is 11.3. The molecule has 0 unspecified atom stereocenters. The first-order chi connectivity index (χ1) is 15.4. The maximum absolute atomic E-state index is 13.2. The number of sulfonamides is 1. The number of ether oxygens (including phenoxy) is 2. The molecule has 1 aliphatic heterocycles. The van der Waals surface area contributed by atoms with Crippen molar-refractivity contribution in [2.45, 2.75) is 50.0 Å². The Bertz CT molecular complexity index is 1010. The number of nitrogens with zero attached hydrogens (tertiary/aromatic N) is 1. The van der Waals surface area contributed by atoms with Crippen molar-refractivity contribution in [3.63, 3.8) is 0 Å². The Morgan fingerprint density at radius 1 is 1.00 bits per heavy atom. The summed E-state index contributed by atoms with van der Waals surface area (Å²) in [6.45, 7) is 3.26. The number of hydrogen-bond donors (Lipinski definition) is 1. The Balaban J connectivity index is 1.88. The van der Waals surface area contributed by atoms with Crippen LogP contribution in [0.5, 0.6) is 11.5 Å². The van der Waals surface area contributed by atoms with Gasteiger partial charge in [-0.1, -0.05) is 31.9 Å². The van der Waals surface area contributed by atoms with Crippen molar-refractivity contribution in [2.24, 2.45) is 0 Å². The third-order valence-electron chi connectivity index (χ3n) is 5.83. The van der Waals surface area contributed by atoms with E-state index in [-0.39, 0.29) is 16.4 Å². The molecule has 2 aromatic rings. The highest BCUT2D eigenvalue weighted by atomic mass is 32.2. The molecule has 1 atom stereocenters. The molecular weight excluding hydrogens is 428 g/mol. The lowest BCUT2D eigenvalue weighted by Gasteiger charge is -2.22. The molecule has 2 aromatic carbocycles. The van der Waals surface area contributed by atoms with E-state index >= 15 is 0 Å². The zero-order valence-electron chi connectivity index (χ0n) is 19.0. The van der Waals surface area contributed by atoms with Crippen LogP contribution in [0.4, 0.5) is 0 Å². The first-order valence-electron chi connectivity index (χ1n) is 11.0. The van der Waals surface area contributed by atoms with Crippen molar-refractivity contribution in [3.05, 3.63) is 53.6 Å². The van der Waals surface area contributed by atoms with Crippen molar-refractivity contribution >= 4 is 15.9 Å². The van der Waals surface area contributed by atoms with Gasteiger partial charge in [0, 0.05) is 19.1 Å². The standard InChI is InChI=1S/C24H32N2O5S/c1-4-22(18-9-11-19(30-2)12-10-18)25-32(28,29)20-13-14-23(31-3)21(17-20)24(27)26-15-7-5-6-8-16-26/h9-14,17,22,25H,4-8,15-16H2,1-3H3/t22-/m0/s1. The lowest BCUT2D eigenvalue weighted by Crippen LogP contribution is -2.32. The highest BCUT2D eigenvalue weighted by Crippen LogP contribution is 2.27. The summed E-state index contributed by atoms with van der Waals surface area (Å²) >= 11 is 0. The molecule has 8 heteroatoms. The molecule has 0 saturated carbocycles. The molecule has 1 amide bonds. The number of nitrogens with one attached hydrogen (secondary N) is 1. The second-order valence-electron chi connectivity index (χ2n) is 7.92. The van der Waals surface area contributed by atoms with Crippen LogP contribution in [0.3, 0.4) is 0 Å². The number of rotatable bonds is 8. The van der Waals surface area contributed by atoms with Gasteiger partial charge in [-0.15, -0.1) is 0 Å². The van der Waals surface area contributed by atoms with Crippen LogP contribution in [0.2, 0.25) is 0 Å². The molecule has 1 N–H and O–H groups in total. The number of benzene rings is 2. The van der Waals surface area contributed by atoms with E-state index in [2.05, 4.69) is 4.72 Å². The van der Waals surface area contributed by atoms with Gasteiger partial charge < -0.3 is 14.4 Å². The predicted octanol–water partition coefficient (Wildman–Crippen LogP) is 4.15. The van der Waals surface area contributed by atoms with Crippen molar-refractivity contribution in [1.29, 1.82) is 0 Å². The van der Waals surface area contributed by atoms with Gasteiger partial charge in [0.05, 0.1) is 24.7 Å². The minimum atomic E-state index is -3.86. The number of hydrogen-bond acceptors (Lipinski definition) is 5. The smallest absolute Gasteiger partial charge is 0.257 e. The highest BCUT2D eigenvalue weighted by molar-refractivity contribution is 7.89.